The van der Waals surface area contributed by atoms with Crippen molar-refractivity contribution in [2.24, 2.45) is 17.8 Å². The van der Waals surface area contributed by atoms with Gasteiger partial charge in [-0.15, -0.1) is 0 Å². The first-order chi connectivity index (χ1) is 5.36. The molecule has 0 aromatic rings. The van der Waals surface area contributed by atoms with E-state index in [1.807, 2.05) is 0 Å². The maximum Gasteiger partial charge on any atom is -0.0386 e. The highest BCUT2D eigenvalue weighted by Crippen LogP contribution is 2.41. The fourth-order valence-corrected chi connectivity index (χ4v) is 2.76. The van der Waals surface area contributed by atoms with Crippen molar-refractivity contribution in [2.45, 2.75) is 51.9 Å². The summed E-state index contributed by atoms with van der Waals surface area (Å²) in [5.74, 6) is 3.32. The van der Waals surface area contributed by atoms with E-state index in [-0.39, 0.29) is 0 Å². The third-order valence-electron chi connectivity index (χ3n) is 3.91. The number of rotatable bonds is 2. The molecule has 0 heterocycles. The molecule has 0 nitrogen and oxygen atoms in total. The van der Waals surface area contributed by atoms with Crippen molar-refractivity contribution in [1.82, 2.24) is 0 Å². The van der Waals surface area contributed by atoms with Gasteiger partial charge in [-0.05, 0) is 30.6 Å². The molecule has 11 heavy (non-hydrogen) atoms. The van der Waals surface area contributed by atoms with Crippen molar-refractivity contribution in [1.29, 1.82) is 0 Å². The van der Waals surface area contributed by atoms with E-state index in [9.17, 15) is 0 Å². The van der Waals surface area contributed by atoms with Crippen LogP contribution in [-0.4, -0.2) is 0 Å². The zero-order valence-electron chi connectivity index (χ0n) is 7.68. The van der Waals surface area contributed by atoms with Crippen molar-refractivity contribution in [3.05, 3.63) is 0 Å². The summed E-state index contributed by atoms with van der Waals surface area (Å²) in [6.45, 7) is 2.43. The summed E-state index contributed by atoms with van der Waals surface area (Å²) in [4.78, 5) is 0. The third kappa shape index (κ3) is 1.60. The van der Waals surface area contributed by atoms with Gasteiger partial charge in [-0.2, -0.15) is 0 Å². The minimum absolute atomic E-state index is 1.07. The van der Waals surface area contributed by atoms with E-state index in [1.165, 1.54) is 25.7 Å². The van der Waals surface area contributed by atoms with E-state index in [4.69, 9.17) is 0 Å². The minimum Gasteiger partial charge on any atom is -0.0622 e. The summed E-state index contributed by atoms with van der Waals surface area (Å²) in [5, 5.41) is 0. The molecule has 0 bridgehead atoms. The average Bonchev–Trinajstić information content (AvgIpc) is 2.49. The van der Waals surface area contributed by atoms with Crippen LogP contribution in [0.2, 0.25) is 0 Å². The maximum atomic E-state index is 2.43. The van der Waals surface area contributed by atoms with E-state index >= 15 is 0 Å². The van der Waals surface area contributed by atoms with Crippen LogP contribution in [-0.2, 0) is 0 Å². The van der Waals surface area contributed by atoms with Crippen LogP contribution < -0.4 is 0 Å². The second-order valence-electron chi connectivity index (χ2n) is 4.70. The molecule has 2 aliphatic carbocycles. The van der Waals surface area contributed by atoms with Crippen LogP contribution in [0.5, 0.6) is 0 Å². The monoisotopic (exact) mass is 152 g/mol. The predicted octanol–water partition coefficient (Wildman–Crippen LogP) is 3.61. The first kappa shape index (κ1) is 7.64. The molecular weight excluding hydrogens is 132 g/mol. The second-order valence-corrected chi connectivity index (χ2v) is 4.70. The molecule has 0 radical (unpaired) electrons. The lowest BCUT2D eigenvalue weighted by Crippen LogP contribution is -2.24. The van der Waals surface area contributed by atoms with E-state index in [0.717, 1.165) is 17.8 Å². The van der Waals surface area contributed by atoms with Gasteiger partial charge in [0.15, 0.2) is 0 Å². The average molecular weight is 152 g/mol. The Morgan fingerprint density at radius 1 is 1.00 bits per heavy atom. The van der Waals surface area contributed by atoms with Crippen LogP contribution in [0.3, 0.4) is 0 Å². The Balaban J connectivity index is 1.72. The molecule has 2 unspecified atom stereocenters. The van der Waals surface area contributed by atoms with Crippen LogP contribution in [0.4, 0.5) is 0 Å². The van der Waals surface area contributed by atoms with Crippen LogP contribution >= 0.6 is 0 Å². The normalized spacial score (nSPS) is 39.0. The predicted molar refractivity (Wildman–Crippen MR) is 48.5 cm³/mol. The zero-order chi connectivity index (χ0) is 7.68. The van der Waals surface area contributed by atoms with Gasteiger partial charge in [-0.3, -0.25) is 0 Å². The van der Waals surface area contributed by atoms with Crippen molar-refractivity contribution in [3.63, 3.8) is 0 Å². The SMILES string of the molecule is CC1CCC1CC1CCCC1. The Hall–Kier alpha value is 0. The lowest BCUT2D eigenvalue weighted by molar-refractivity contribution is 0.157. The van der Waals surface area contributed by atoms with Crippen molar-refractivity contribution in [3.8, 4) is 0 Å². The van der Waals surface area contributed by atoms with Crippen LogP contribution in [0.25, 0.3) is 0 Å². The van der Waals surface area contributed by atoms with Crippen LogP contribution in [0, 0.1) is 17.8 Å². The summed E-state index contributed by atoms with van der Waals surface area (Å²) in [6, 6.07) is 0. The molecule has 0 aliphatic heterocycles. The Morgan fingerprint density at radius 3 is 2.18 bits per heavy atom. The molecule has 2 rings (SSSR count). The molecule has 0 heteroatoms. The highest BCUT2D eigenvalue weighted by Gasteiger charge is 2.29. The van der Waals surface area contributed by atoms with Gasteiger partial charge < -0.3 is 0 Å². The topological polar surface area (TPSA) is 0 Å². The molecular formula is C11H20. The largest absolute Gasteiger partial charge is 0.0622 e. The molecule has 0 aromatic carbocycles. The minimum atomic E-state index is 1.07. The summed E-state index contributed by atoms with van der Waals surface area (Å²) in [7, 11) is 0. The first-order valence-corrected chi connectivity index (χ1v) is 5.36. The van der Waals surface area contributed by atoms with E-state index in [0.29, 0.717) is 0 Å². The molecule has 2 atom stereocenters. The molecule has 2 fully saturated rings. The van der Waals surface area contributed by atoms with Gasteiger partial charge in [0.1, 0.15) is 0 Å². The van der Waals surface area contributed by atoms with Gasteiger partial charge >= 0.3 is 0 Å². The standard InChI is InChI=1S/C11H20/c1-9-6-7-11(9)8-10-4-2-3-5-10/h9-11H,2-8H2,1H3. The van der Waals surface area contributed by atoms with Gasteiger partial charge in [0, 0.05) is 0 Å². The van der Waals surface area contributed by atoms with Gasteiger partial charge in [0.2, 0.25) is 0 Å². The Labute approximate surface area is 70.4 Å². The van der Waals surface area contributed by atoms with Crippen molar-refractivity contribution < 1.29 is 0 Å². The summed E-state index contributed by atoms with van der Waals surface area (Å²) >= 11 is 0. The molecule has 0 saturated heterocycles. The van der Waals surface area contributed by atoms with Gasteiger partial charge in [0.25, 0.3) is 0 Å². The van der Waals surface area contributed by atoms with Gasteiger partial charge in [0.05, 0.1) is 0 Å². The molecule has 0 N–H and O–H groups in total. The third-order valence-corrected chi connectivity index (χ3v) is 3.91. The Bertz CT molecular complexity index is 122. The van der Waals surface area contributed by atoms with Crippen LogP contribution in [0.1, 0.15) is 51.9 Å². The fraction of sp³-hybridized carbons (Fsp3) is 1.00. The number of hydrogen-bond donors (Lipinski definition) is 0. The van der Waals surface area contributed by atoms with Gasteiger partial charge in [-0.25, -0.2) is 0 Å². The van der Waals surface area contributed by atoms with E-state index in [2.05, 4.69) is 6.92 Å². The summed E-state index contributed by atoms with van der Waals surface area (Å²) in [6.07, 6.45) is 10.8. The maximum absolute atomic E-state index is 2.43. The first-order valence-electron chi connectivity index (χ1n) is 5.36. The van der Waals surface area contributed by atoms with Crippen LogP contribution in [0.15, 0.2) is 0 Å². The quantitative estimate of drug-likeness (QED) is 0.567. The van der Waals surface area contributed by atoms with Gasteiger partial charge in [-0.1, -0.05) is 39.0 Å². The molecule has 0 amide bonds. The van der Waals surface area contributed by atoms with E-state index < -0.39 is 0 Å². The van der Waals surface area contributed by atoms with E-state index in [1.54, 1.807) is 19.3 Å². The molecule has 64 valence electrons. The summed E-state index contributed by atoms with van der Waals surface area (Å²) in [5.41, 5.74) is 0. The van der Waals surface area contributed by atoms with Crippen molar-refractivity contribution in [2.75, 3.05) is 0 Å². The smallest absolute Gasteiger partial charge is 0.0386 e. The Kier molecular flexibility index (Phi) is 2.20. The van der Waals surface area contributed by atoms with Crippen molar-refractivity contribution >= 4 is 0 Å². The lowest BCUT2D eigenvalue weighted by atomic mass is 9.70. The molecule has 0 spiro atoms. The highest BCUT2D eigenvalue weighted by molar-refractivity contribution is 4.81. The summed E-state index contributed by atoms with van der Waals surface area (Å²) < 4.78 is 0. The molecule has 2 saturated carbocycles. The number of hydrogen-bond acceptors (Lipinski definition) is 0. The lowest BCUT2D eigenvalue weighted by Gasteiger charge is -2.35. The Morgan fingerprint density at radius 2 is 1.73 bits per heavy atom. The second kappa shape index (κ2) is 3.16. The molecule has 0 aromatic heterocycles. The highest BCUT2D eigenvalue weighted by atomic mass is 14.3. The fourth-order valence-electron chi connectivity index (χ4n) is 2.76. The molecule has 2 aliphatic rings. The zero-order valence-corrected chi connectivity index (χ0v) is 7.68.